The van der Waals surface area contributed by atoms with Crippen LogP contribution in [-0.2, 0) is 21.6 Å². The molecule has 1 N–H and O–H groups in total. The van der Waals surface area contributed by atoms with Crippen molar-refractivity contribution in [3.8, 4) is 0 Å². The molecule has 0 aliphatic heterocycles. The van der Waals surface area contributed by atoms with Crippen LogP contribution in [-0.4, -0.2) is 27.8 Å². The summed E-state index contributed by atoms with van der Waals surface area (Å²) in [5.74, 6) is 0.332. The second kappa shape index (κ2) is 6.83. The first kappa shape index (κ1) is 15.0. The molecule has 0 amide bonds. The van der Waals surface area contributed by atoms with Gasteiger partial charge in [-0.05, 0) is 26.2 Å². The minimum absolute atomic E-state index is 0.119. The van der Waals surface area contributed by atoms with Gasteiger partial charge in [-0.2, -0.15) is 4.98 Å². The molecule has 1 aliphatic rings. The van der Waals surface area contributed by atoms with Crippen LogP contribution in [0.15, 0.2) is 4.52 Å². The van der Waals surface area contributed by atoms with E-state index in [0.29, 0.717) is 31.2 Å². The summed E-state index contributed by atoms with van der Waals surface area (Å²) in [6, 6.07) is 0. The van der Waals surface area contributed by atoms with Crippen LogP contribution in [0, 0.1) is 0 Å². The molecule has 0 bridgehead atoms. The van der Waals surface area contributed by atoms with Crippen molar-refractivity contribution >= 4 is 5.97 Å². The van der Waals surface area contributed by atoms with Gasteiger partial charge in [0.2, 0.25) is 11.7 Å². The Labute approximate surface area is 118 Å². The number of ether oxygens (including phenoxy) is 1. The summed E-state index contributed by atoms with van der Waals surface area (Å²) in [5, 5.41) is 12.7. The molecule has 1 aromatic heterocycles. The highest BCUT2D eigenvalue weighted by Crippen LogP contribution is 2.39. The third kappa shape index (κ3) is 3.56. The lowest BCUT2D eigenvalue weighted by atomic mass is 9.84. The van der Waals surface area contributed by atoms with Gasteiger partial charge in [-0.15, -0.1) is 0 Å². The Hall–Kier alpha value is -1.43. The maximum atomic E-state index is 10.5. The molecule has 0 saturated heterocycles. The van der Waals surface area contributed by atoms with E-state index in [1.807, 2.05) is 6.92 Å². The number of aryl methyl sites for hydroxylation is 1. The van der Waals surface area contributed by atoms with Gasteiger partial charge in [-0.25, -0.2) is 0 Å². The Morgan fingerprint density at radius 3 is 2.80 bits per heavy atom. The molecular weight excluding hydrogens is 260 g/mol. The van der Waals surface area contributed by atoms with E-state index in [0.717, 1.165) is 25.7 Å². The quantitative estimate of drug-likeness (QED) is 0.827. The normalized spacial score (nSPS) is 18.1. The van der Waals surface area contributed by atoms with Crippen molar-refractivity contribution in [2.45, 2.75) is 63.9 Å². The van der Waals surface area contributed by atoms with E-state index >= 15 is 0 Å². The van der Waals surface area contributed by atoms with Gasteiger partial charge in [0.1, 0.15) is 5.60 Å². The molecule has 1 heterocycles. The molecule has 0 radical (unpaired) electrons. The molecule has 1 saturated carbocycles. The number of hydrogen-bond acceptors (Lipinski definition) is 5. The van der Waals surface area contributed by atoms with Crippen molar-refractivity contribution in [1.82, 2.24) is 10.1 Å². The van der Waals surface area contributed by atoms with Crippen molar-refractivity contribution in [3.63, 3.8) is 0 Å². The van der Waals surface area contributed by atoms with E-state index in [-0.39, 0.29) is 6.42 Å². The number of carboxylic acids is 1. The minimum Gasteiger partial charge on any atom is -0.481 e. The van der Waals surface area contributed by atoms with Crippen LogP contribution < -0.4 is 0 Å². The zero-order valence-corrected chi connectivity index (χ0v) is 11.9. The standard InChI is InChI=1S/C14H22N2O4/c1-2-19-14(9-4-3-5-10-14)13-15-11(20-16-13)7-6-8-12(17)18/h2-10H2,1H3,(H,17,18). The monoisotopic (exact) mass is 282 g/mol. The highest BCUT2D eigenvalue weighted by Gasteiger charge is 2.39. The first-order valence-corrected chi connectivity index (χ1v) is 7.35. The molecule has 1 fully saturated rings. The third-order valence-electron chi connectivity index (χ3n) is 3.74. The van der Waals surface area contributed by atoms with Gasteiger partial charge < -0.3 is 14.4 Å². The first-order chi connectivity index (χ1) is 9.66. The maximum Gasteiger partial charge on any atom is 0.303 e. The zero-order valence-electron chi connectivity index (χ0n) is 11.9. The van der Waals surface area contributed by atoms with E-state index in [4.69, 9.17) is 14.4 Å². The van der Waals surface area contributed by atoms with E-state index in [2.05, 4.69) is 10.1 Å². The number of aromatic nitrogens is 2. The lowest BCUT2D eigenvalue weighted by molar-refractivity contribution is -0.137. The van der Waals surface area contributed by atoms with E-state index in [9.17, 15) is 4.79 Å². The summed E-state index contributed by atoms with van der Waals surface area (Å²) in [5.41, 5.74) is -0.401. The molecular formula is C14H22N2O4. The van der Waals surface area contributed by atoms with Crippen molar-refractivity contribution in [1.29, 1.82) is 0 Å². The fraction of sp³-hybridized carbons (Fsp3) is 0.786. The highest BCUT2D eigenvalue weighted by molar-refractivity contribution is 5.66. The van der Waals surface area contributed by atoms with Crippen molar-refractivity contribution in [2.24, 2.45) is 0 Å². The fourth-order valence-corrected chi connectivity index (χ4v) is 2.76. The second-order valence-electron chi connectivity index (χ2n) is 5.25. The molecule has 112 valence electrons. The largest absolute Gasteiger partial charge is 0.481 e. The number of carbonyl (C=O) groups is 1. The van der Waals surface area contributed by atoms with Crippen LogP contribution in [0.5, 0.6) is 0 Å². The zero-order chi connectivity index (χ0) is 14.4. The fourth-order valence-electron chi connectivity index (χ4n) is 2.76. The molecule has 20 heavy (non-hydrogen) atoms. The van der Waals surface area contributed by atoms with E-state index in [1.165, 1.54) is 6.42 Å². The molecule has 2 rings (SSSR count). The lowest BCUT2D eigenvalue weighted by Crippen LogP contribution is -2.33. The summed E-state index contributed by atoms with van der Waals surface area (Å²) in [6.07, 6.45) is 6.43. The van der Waals surface area contributed by atoms with Gasteiger partial charge in [-0.1, -0.05) is 24.4 Å². The Morgan fingerprint density at radius 2 is 2.15 bits per heavy atom. The smallest absolute Gasteiger partial charge is 0.303 e. The van der Waals surface area contributed by atoms with Gasteiger partial charge in [0, 0.05) is 19.4 Å². The van der Waals surface area contributed by atoms with Gasteiger partial charge in [0.05, 0.1) is 0 Å². The molecule has 0 spiro atoms. The number of hydrogen-bond donors (Lipinski definition) is 1. The van der Waals surface area contributed by atoms with Crippen LogP contribution in [0.4, 0.5) is 0 Å². The molecule has 0 aromatic carbocycles. The molecule has 6 heteroatoms. The van der Waals surface area contributed by atoms with Crippen molar-refractivity contribution in [2.75, 3.05) is 6.61 Å². The van der Waals surface area contributed by atoms with Crippen LogP contribution in [0.25, 0.3) is 0 Å². The van der Waals surface area contributed by atoms with Crippen LogP contribution in [0.1, 0.15) is 63.6 Å². The van der Waals surface area contributed by atoms with Crippen LogP contribution >= 0.6 is 0 Å². The van der Waals surface area contributed by atoms with Crippen LogP contribution in [0.3, 0.4) is 0 Å². The second-order valence-corrected chi connectivity index (χ2v) is 5.25. The van der Waals surface area contributed by atoms with Crippen molar-refractivity contribution < 1.29 is 19.2 Å². The van der Waals surface area contributed by atoms with Gasteiger partial charge >= 0.3 is 5.97 Å². The number of carboxylic acid groups (broad SMARTS) is 1. The Bertz CT molecular complexity index is 433. The molecule has 1 aliphatic carbocycles. The maximum absolute atomic E-state index is 10.5. The molecule has 0 unspecified atom stereocenters. The van der Waals surface area contributed by atoms with E-state index in [1.54, 1.807) is 0 Å². The molecule has 0 atom stereocenters. The van der Waals surface area contributed by atoms with Crippen molar-refractivity contribution in [3.05, 3.63) is 11.7 Å². The Kier molecular flexibility index (Phi) is 5.11. The first-order valence-electron chi connectivity index (χ1n) is 7.35. The SMILES string of the molecule is CCOC1(c2noc(CCCC(=O)O)n2)CCCCC1. The summed E-state index contributed by atoms with van der Waals surface area (Å²) in [4.78, 5) is 14.9. The average molecular weight is 282 g/mol. The third-order valence-corrected chi connectivity index (χ3v) is 3.74. The summed E-state index contributed by atoms with van der Waals surface area (Å²) in [7, 11) is 0. The summed E-state index contributed by atoms with van der Waals surface area (Å²) in [6.45, 7) is 2.60. The Balaban J connectivity index is 2.02. The van der Waals surface area contributed by atoms with E-state index < -0.39 is 11.6 Å². The van der Waals surface area contributed by atoms with Gasteiger partial charge in [-0.3, -0.25) is 4.79 Å². The minimum atomic E-state index is -0.803. The van der Waals surface area contributed by atoms with Crippen LogP contribution in [0.2, 0.25) is 0 Å². The Morgan fingerprint density at radius 1 is 1.40 bits per heavy atom. The van der Waals surface area contributed by atoms with Gasteiger partial charge in [0.15, 0.2) is 0 Å². The highest BCUT2D eigenvalue weighted by atomic mass is 16.5. The van der Waals surface area contributed by atoms with Gasteiger partial charge in [0.25, 0.3) is 0 Å². The average Bonchev–Trinajstić information content (AvgIpc) is 2.89. The summed E-state index contributed by atoms with van der Waals surface area (Å²) < 4.78 is 11.2. The molecule has 1 aromatic rings. The number of rotatable bonds is 7. The predicted octanol–water partition coefficient (Wildman–Crippen LogP) is 2.67. The summed E-state index contributed by atoms with van der Waals surface area (Å²) >= 11 is 0. The lowest BCUT2D eigenvalue weighted by Gasteiger charge is -2.33. The number of nitrogens with zero attached hydrogens (tertiary/aromatic N) is 2. The topological polar surface area (TPSA) is 85.5 Å². The predicted molar refractivity (Wildman–Crippen MR) is 71.3 cm³/mol. The number of aliphatic carboxylic acids is 1. The molecule has 6 nitrogen and oxygen atoms in total.